The fourth-order valence-corrected chi connectivity index (χ4v) is 3.53. The lowest BCUT2D eigenvalue weighted by Gasteiger charge is -2.18. The number of halogens is 1. The van der Waals surface area contributed by atoms with E-state index in [1.807, 2.05) is 19.1 Å². The summed E-state index contributed by atoms with van der Waals surface area (Å²) >= 11 is 0. The third-order valence-corrected chi connectivity index (χ3v) is 4.79. The van der Waals surface area contributed by atoms with Crippen molar-refractivity contribution in [1.29, 1.82) is 0 Å². The summed E-state index contributed by atoms with van der Waals surface area (Å²) in [5, 5.41) is 0.851. The van der Waals surface area contributed by atoms with Crippen LogP contribution in [-0.2, 0) is 6.54 Å². The van der Waals surface area contributed by atoms with Crippen LogP contribution in [-0.4, -0.2) is 22.9 Å². The molecule has 0 bridgehead atoms. The highest BCUT2D eigenvalue weighted by Crippen LogP contribution is 2.44. The smallest absolute Gasteiger partial charge is 0.259 e. The zero-order valence-corrected chi connectivity index (χ0v) is 14.5. The van der Waals surface area contributed by atoms with E-state index in [1.165, 1.54) is 12.1 Å². The number of hydrogen-bond acceptors (Lipinski definition) is 3. The number of aryl methyl sites for hydroxylation is 1. The number of nitrogens with zero attached hydrogens (tertiary/aromatic N) is 2. The number of hydrogen-bond donors (Lipinski definition) is 0. The molecule has 0 N–H and O–H groups in total. The number of rotatable bonds is 3. The van der Waals surface area contributed by atoms with Crippen LogP contribution in [0.3, 0.4) is 0 Å². The predicted octanol–water partition coefficient (Wildman–Crippen LogP) is 4.32. The lowest BCUT2D eigenvalue weighted by atomic mass is 9.97. The Morgan fingerprint density at radius 3 is 2.62 bits per heavy atom. The molecule has 0 aliphatic carbocycles. The molecule has 3 aromatic rings. The molecule has 26 heavy (non-hydrogen) atoms. The average Bonchev–Trinajstić information content (AvgIpc) is 2.89. The van der Waals surface area contributed by atoms with Gasteiger partial charge in [0, 0.05) is 17.3 Å². The number of pyridine rings is 1. The molecule has 1 aliphatic heterocycles. The van der Waals surface area contributed by atoms with Gasteiger partial charge in [-0.2, -0.15) is 0 Å². The van der Waals surface area contributed by atoms with Gasteiger partial charge < -0.3 is 9.64 Å². The van der Waals surface area contributed by atoms with Crippen LogP contribution in [0.25, 0.3) is 16.6 Å². The Labute approximate surface area is 150 Å². The maximum Gasteiger partial charge on any atom is 0.259 e. The van der Waals surface area contributed by atoms with E-state index in [-0.39, 0.29) is 11.7 Å². The highest BCUT2D eigenvalue weighted by atomic mass is 19.1. The van der Waals surface area contributed by atoms with E-state index in [0.717, 1.165) is 22.0 Å². The van der Waals surface area contributed by atoms with Gasteiger partial charge >= 0.3 is 0 Å². The van der Waals surface area contributed by atoms with Gasteiger partial charge in [-0.05, 0) is 42.3 Å². The van der Waals surface area contributed by atoms with Gasteiger partial charge in [0.1, 0.15) is 11.6 Å². The van der Waals surface area contributed by atoms with Gasteiger partial charge in [-0.3, -0.25) is 9.78 Å². The third-order valence-electron chi connectivity index (χ3n) is 4.79. The number of carbonyl (C=O) groups excluding carboxylic acids is 1. The summed E-state index contributed by atoms with van der Waals surface area (Å²) < 4.78 is 18.8. The van der Waals surface area contributed by atoms with Gasteiger partial charge in [0.15, 0.2) is 0 Å². The van der Waals surface area contributed by atoms with Gasteiger partial charge in [0.2, 0.25) is 0 Å². The van der Waals surface area contributed by atoms with Gasteiger partial charge in [0.05, 0.1) is 30.3 Å². The molecule has 1 aliphatic rings. The van der Waals surface area contributed by atoms with Crippen molar-refractivity contribution < 1.29 is 13.9 Å². The van der Waals surface area contributed by atoms with Crippen molar-refractivity contribution in [3.63, 3.8) is 0 Å². The molecule has 5 heteroatoms. The predicted molar refractivity (Wildman–Crippen MR) is 98.3 cm³/mol. The number of ether oxygens (including phenoxy) is 1. The minimum atomic E-state index is -0.307. The fraction of sp³-hybridized carbons (Fsp3) is 0.143. The quantitative estimate of drug-likeness (QED) is 0.708. The Morgan fingerprint density at radius 2 is 1.92 bits per heavy atom. The van der Waals surface area contributed by atoms with Crippen molar-refractivity contribution in [3.8, 4) is 5.75 Å². The molecule has 1 aromatic heterocycles. The topological polar surface area (TPSA) is 42.4 Å². The van der Waals surface area contributed by atoms with Crippen LogP contribution in [0, 0.1) is 12.7 Å². The zero-order chi connectivity index (χ0) is 18.4. The summed E-state index contributed by atoms with van der Waals surface area (Å²) in [5.41, 5.74) is 4.24. The monoisotopic (exact) mass is 348 g/mol. The average molecular weight is 348 g/mol. The summed E-state index contributed by atoms with van der Waals surface area (Å²) in [7, 11) is 1.58. The molecule has 1 amide bonds. The molecule has 0 fully saturated rings. The summed E-state index contributed by atoms with van der Waals surface area (Å²) in [6.07, 6.45) is 1.70. The first kappa shape index (κ1) is 16.3. The molecular weight excluding hydrogens is 331 g/mol. The zero-order valence-electron chi connectivity index (χ0n) is 14.5. The molecule has 0 saturated carbocycles. The summed E-state index contributed by atoms with van der Waals surface area (Å²) in [6.45, 7) is 6.34. The van der Waals surface area contributed by atoms with Crippen LogP contribution in [0.4, 0.5) is 4.39 Å². The largest absolute Gasteiger partial charge is 0.495 e. The molecule has 0 atom stereocenters. The van der Waals surface area contributed by atoms with E-state index in [0.29, 0.717) is 29.1 Å². The Kier molecular flexibility index (Phi) is 3.72. The Balaban J connectivity index is 1.87. The number of carbonyl (C=O) groups is 1. The van der Waals surface area contributed by atoms with E-state index in [1.54, 1.807) is 30.3 Å². The van der Waals surface area contributed by atoms with Crippen molar-refractivity contribution in [2.45, 2.75) is 13.5 Å². The van der Waals surface area contributed by atoms with E-state index in [2.05, 4.69) is 11.6 Å². The van der Waals surface area contributed by atoms with E-state index in [4.69, 9.17) is 4.74 Å². The molecule has 2 heterocycles. The number of benzene rings is 2. The van der Waals surface area contributed by atoms with Crippen molar-refractivity contribution in [3.05, 3.63) is 77.2 Å². The van der Waals surface area contributed by atoms with Crippen LogP contribution >= 0.6 is 0 Å². The second-order valence-electron chi connectivity index (χ2n) is 6.27. The first-order valence-corrected chi connectivity index (χ1v) is 8.23. The second kappa shape index (κ2) is 5.95. The molecule has 0 radical (unpaired) electrons. The van der Waals surface area contributed by atoms with Crippen LogP contribution in [0.1, 0.15) is 27.0 Å². The molecule has 0 saturated heterocycles. The summed E-state index contributed by atoms with van der Waals surface area (Å²) in [5.74, 6) is 0.157. The van der Waals surface area contributed by atoms with Crippen molar-refractivity contribution in [1.82, 2.24) is 9.88 Å². The van der Waals surface area contributed by atoms with Crippen LogP contribution in [0.2, 0.25) is 0 Å². The number of fused-ring (bicyclic) bond motifs is 2. The molecule has 4 nitrogen and oxygen atoms in total. The first-order chi connectivity index (χ1) is 12.5. The third kappa shape index (κ3) is 2.28. The highest BCUT2D eigenvalue weighted by Gasteiger charge is 2.37. The Morgan fingerprint density at radius 1 is 1.19 bits per heavy atom. The maximum atomic E-state index is 13.2. The minimum Gasteiger partial charge on any atom is -0.495 e. The molecule has 130 valence electrons. The minimum absolute atomic E-state index is 0.141. The first-order valence-electron chi connectivity index (χ1n) is 8.23. The summed E-state index contributed by atoms with van der Waals surface area (Å²) in [6, 6.07) is 9.87. The number of aromatic nitrogens is 1. The highest BCUT2D eigenvalue weighted by molar-refractivity contribution is 6.15. The van der Waals surface area contributed by atoms with Gasteiger partial charge in [-0.15, -0.1) is 0 Å². The molecular formula is C21H17FN2O2. The van der Waals surface area contributed by atoms with Gasteiger partial charge in [-0.25, -0.2) is 4.39 Å². The number of amides is 1. The SMILES string of the molecule is C=C1c2c(c(C)c3ncccc3c2OC)C(=O)N1Cc1ccc(F)cc1. The van der Waals surface area contributed by atoms with Crippen LogP contribution < -0.4 is 4.74 Å². The number of methoxy groups -OCH3 is 1. The van der Waals surface area contributed by atoms with Crippen molar-refractivity contribution >= 4 is 22.5 Å². The van der Waals surface area contributed by atoms with E-state index in [9.17, 15) is 9.18 Å². The van der Waals surface area contributed by atoms with E-state index >= 15 is 0 Å². The van der Waals surface area contributed by atoms with E-state index < -0.39 is 0 Å². The lowest BCUT2D eigenvalue weighted by Crippen LogP contribution is -2.22. The molecule has 0 unspecified atom stereocenters. The normalized spacial score (nSPS) is 13.4. The summed E-state index contributed by atoms with van der Waals surface area (Å²) in [4.78, 5) is 19.1. The van der Waals surface area contributed by atoms with Gasteiger partial charge in [0.25, 0.3) is 5.91 Å². The Bertz CT molecular complexity index is 1060. The standard InChI is InChI=1S/C21H17FN2O2/c1-12-17-18(20(26-3)16-5-4-10-23-19(12)16)13(2)24(21(17)25)11-14-6-8-15(22)9-7-14/h4-10H,2,11H2,1,3H3. The molecule has 4 rings (SSSR count). The van der Waals surface area contributed by atoms with Crippen LogP contribution in [0.5, 0.6) is 5.75 Å². The molecule has 0 spiro atoms. The van der Waals surface area contributed by atoms with Crippen molar-refractivity contribution in [2.24, 2.45) is 0 Å². The maximum absolute atomic E-state index is 13.2. The second-order valence-corrected chi connectivity index (χ2v) is 6.27. The molecule has 2 aromatic carbocycles. The Hall–Kier alpha value is -3.21. The van der Waals surface area contributed by atoms with Crippen molar-refractivity contribution in [2.75, 3.05) is 7.11 Å². The lowest BCUT2D eigenvalue weighted by molar-refractivity contribution is 0.0843. The fourth-order valence-electron chi connectivity index (χ4n) is 3.53. The van der Waals surface area contributed by atoms with Crippen LogP contribution in [0.15, 0.2) is 49.2 Å². The van der Waals surface area contributed by atoms with Gasteiger partial charge in [-0.1, -0.05) is 18.7 Å².